The topological polar surface area (TPSA) is 75.2 Å². The number of hydrogen-bond donors (Lipinski definition) is 1. The molecule has 1 aliphatic carbocycles. The first kappa shape index (κ1) is 11.1. The van der Waals surface area contributed by atoms with Crippen LogP contribution in [0.4, 0.5) is 5.69 Å². The lowest BCUT2D eigenvalue weighted by molar-refractivity contribution is -0.134. The highest BCUT2D eigenvalue weighted by molar-refractivity contribution is 6.08. The number of nitrogens with zero attached hydrogens (tertiary/aromatic N) is 3. The van der Waals surface area contributed by atoms with Crippen LogP contribution in [0.15, 0.2) is 18.7 Å². The van der Waals surface area contributed by atoms with Gasteiger partial charge >= 0.3 is 0 Å². The molecule has 3 rings (SSSR count). The van der Waals surface area contributed by atoms with Crippen LogP contribution in [0.2, 0.25) is 0 Å². The summed E-state index contributed by atoms with van der Waals surface area (Å²) >= 11 is 0. The summed E-state index contributed by atoms with van der Waals surface area (Å²) in [6, 6.07) is -0.896. The van der Waals surface area contributed by atoms with Gasteiger partial charge in [-0.2, -0.15) is 0 Å². The van der Waals surface area contributed by atoms with Crippen LogP contribution in [0, 0.1) is 5.92 Å². The maximum atomic E-state index is 12.4. The number of piperazine rings is 1. The standard InChI is InChI=1S/C12H14N4O2/c1-7-11(17)15-10(8-2-3-8)12(18)16(7)9-4-13-6-14-5-9/h4-8,10H,2-3H2,1H3,(H,15,17). The Morgan fingerprint density at radius 3 is 2.56 bits per heavy atom. The van der Waals surface area contributed by atoms with Gasteiger partial charge in [-0.05, 0) is 25.7 Å². The quantitative estimate of drug-likeness (QED) is 0.803. The summed E-state index contributed by atoms with van der Waals surface area (Å²) in [6.45, 7) is 1.71. The number of nitrogens with one attached hydrogen (secondary N) is 1. The fourth-order valence-electron chi connectivity index (χ4n) is 2.31. The molecule has 0 spiro atoms. The molecule has 2 unspecified atom stereocenters. The van der Waals surface area contributed by atoms with Gasteiger partial charge in [0.1, 0.15) is 18.4 Å². The summed E-state index contributed by atoms with van der Waals surface area (Å²) in [6.07, 6.45) is 6.53. The van der Waals surface area contributed by atoms with Crippen molar-refractivity contribution in [3.05, 3.63) is 18.7 Å². The molecular formula is C12H14N4O2. The summed E-state index contributed by atoms with van der Waals surface area (Å²) in [4.78, 5) is 33.6. The van der Waals surface area contributed by atoms with E-state index in [1.54, 1.807) is 19.3 Å². The van der Waals surface area contributed by atoms with Gasteiger partial charge in [0.25, 0.3) is 5.91 Å². The molecule has 0 bridgehead atoms. The average Bonchev–Trinajstić information content (AvgIpc) is 3.20. The largest absolute Gasteiger partial charge is 0.342 e. The molecule has 6 nitrogen and oxygen atoms in total. The second-order valence-electron chi connectivity index (χ2n) is 4.80. The first-order valence-electron chi connectivity index (χ1n) is 6.07. The van der Waals surface area contributed by atoms with Gasteiger partial charge in [0, 0.05) is 0 Å². The molecule has 1 saturated heterocycles. The highest BCUT2D eigenvalue weighted by atomic mass is 16.2. The molecule has 18 heavy (non-hydrogen) atoms. The normalized spacial score (nSPS) is 28.2. The molecule has 2 aliphatic rings. The Bertz CT molecular complexity index is 486. The number of rotatable bonds is 2. The summed E-state index contributed by atoms with van der Waals surface area (Å²) in [5, 5.41) is 2.81. The second kappa shape index (κ2) is 4.04. The molecule has 0 radical (unpaired) electrons. The smallest absolute Gasteiger partial charge is 0.250 e. The third-order valence-electron chi connectivity index (χ3n) is 3.49. The maximum Gasteiger partial charge on any atom is 0.250 e. The van der Waals surface area contributed by atoms with E-state index in [1.165, 1.54) is 11.2 Å². The van der Waals surface area contributed by atoms with Crippen molar-refractivity contribution in [1.82, 2.24) is 15.3 Å². The van der Waals surface area contributed by atoms with Crippen molar-refractivity contribution in [3.8, 4) is 0 Å². The molecule has 94 valence electrons. The van der Waals surface area contributed by atoms with Crippen LogP contribution in [0.5, 0.6) is 0 Å². The Labute approximate surface area is 104 Å². The van der Waals surface area contributed by atoms with Crippen molar-refractivity contribution in [2.45, 2.75) is 31.8 Å². The van der Waals surface area contributed by atoms with Crippen molar-refractivity contribution >= 4 is 17.5 Å². The van der Waals surface area contributed by atoms with Gasteiger partial charge in [0.15, 0.2) is 0 Å². The molecule has 2 atom stereocenters. The van der Waals surface area contributed by atoms with E-state index < -0.39 is 6.04 Å². The van der Waals surface area contributed by atoms with Crippen LogP contribution in [-0.4, -0.2) is 33.9 Å². The lowest BCUT2D eigenvalue weighted by Gasteiger charge is -2.37. The molecule has 2 amide bonds. The minimum absolute atomic E-state index is 0.0561. The molecule has 2 heterocycles. The van der Waals surface area contributed by atoms with E-state index in [-0.39, 0.29) is 17.9 Å². The third-order valence-corrected chi connectivity index (χ3v) is 3.49. The van der Waals surface area contributed by atoms with Crippen molar-refractivity contribution < 1.29 is 9.59 Å². The van der Waals surface area contributed by atoms with E-state index in [9.17, 15) is 9.59 Å². The number of carbonyl (C=O) groups is 2. The van der Waals surface area contributed by atoms with Crippen LogP contribution in [0.25, 0.3) is 0 Å². The van der Waals surface area contributed by atoms with Gasteiger partial charge in [-0.15, -0.1) is 0 Å². The van der Waals surface area contributed by atoms with E-state index in [0.717, 1.165) is 12.8 Å². The third kappa shape index (κ3) is 1.73. The molecule has 1 aliphatic heterocycles. The van der Waals surface area contributed by atoms with Gasteiger partial charge in [-0.3, -0.25) is 14.5 Å². The molecule has 6 heteroatoms. The van der Waals surface area contributed by atoms with Crippen molar-refractivity contribution in [2.24, 2.45) is 5.92 Å². The van der Waals surface area contributed by atoms with E-state index in [2.05, 4.69) is 15.3 Å². The molecule has 1 N–H and O–H groups in total. The monoisotopic (exact) mass is 246 g/mol. The molecular weight excluding hydrogens is 232 g/mol. The fourth-order valence-corrected chi connectivity index (χ4v) is 2.31. The number of anilines is 1. The lowest BCUT2D eigenvalue weighted by atomic mass is 10.0. The van der Waals surface area contributed by atoms with Crippen molar-refractivity contribution in [1.29, 1.82) is 0 Å². The van der Waals surface area contributed by atoms with Gasteiger partial charge in [0.05, 0.1) is 18.1 Å². The zero-order valence-electron chi connectivity index (χ0n) is 10.0. The first-order chi connectivity index (χ1) is 8.68. The summed E-state index contributed by atoms with van der Waals surface area (Å²) in [5.74, 6) is 0.121. The zero-order chi connectivity index (χ0) is 12.7. The van der Waals surface area contributed by atoms with E-state index in [1.807, 2.05) is 0 Å². The fraction of sp³-hybridized carbons (Fsp3) is 0.500. The highest BCUT2D eigenvalue weighted by Gasteiger charge is 2.46. The van der Waals surface area contributed by atoms with Crippen LogP contribution in [0.3, 0.4) is 0 Å². The number of hydrogen-bond acceptors (Lipinski definition) is 4. The van der Waals surface area contributed by atoms with E-state index in [4.69, 9.17) is 0 Å². The first-order valence-corrected chi connectivity index (χ1v) is 6.07. The Morgan fingerprint density at radius 2 is 1.94 bits per heavy atom. The number of carbonyl (C=O) groups excluding carboxylic acids is 2. The minimum atomic E-state index is -0.515. The summed E-state index contributed by atoms with van der Waals surface area (Å²) in [7, 11) is 0. The van der Waals surface area contributed by atoms with Crippen LogP contribution in [0.1, 0.15) is 19.8 Å². The highest BCUT2D eigenvalue weighted by Crippen LogP contribution is 2.35. The average molecular weight is 246 g/mol. The van der Waals surface area contributed by atoms with Gasteiger partial charge in [0.2, 0.25) is 5.91 Å². The molecule has 0 aromatic carbocycles. The summed E-state index contributed by atoms with van der Waals surface area (Å²) < 4.78 is 0. The molecule has 2 fully saturated rings. The lowest BCUT2D eigenvalue weighted by Crippen LogP contribution is -2.63. The zero-order valence-corrected chi connectivity index (χ0v) is 10.0. The minimum Gasteiger partial charge on any atom is -0.342 e. The Kier molecular flexibility index (Phi) is 2.50. The van der Waals surface area contributed by atoms with Crippen molar-refractivity contribution in [2.75, 3.05) is 4.90 Å². The Hall–Kier alpha value is -1.98. The Balaban J connectivity index is 1.94. The SMILES string of the molecule is CC1C(=O)NC(C2CC2)C(=O)N1c1cncnc1. The van der Waals surface area contributed by atoms with E-state index >= 15 is 0 Å². The van der Waals surface area contributed by atoms with Crippen molar-refractivity contribution in [3.63, 3.8) is 0 Å². The predicted octanol–water partition coefficient (Wildman–Crippen LogP) is 0.106. The van der Waals surface area contributed by atoms with Gasteiger partial charge < -0.3 is 5.32 Å². The molecule has 1 aromatic rings. The number of amides is 2. The summed E-state index contributed by atoms with van der Waals surface area (Å²) in [5.41, 5.74) is 0.579. The Morgan fingerprint density at radius 1 is 1.28 bits per heavy atom. The van der Waals surface area contributed by atoms with Crippen LogP contribution < -0.4 is 10.2 Å². The van der Waals surface area contributed by atoms with E-state index in [0.29, 0.717) is 11.6 Å². The van der Waals surface area contributed by atoms with Gasteiger partial charge in [-0.1, -0.05) is 0 Å². The van der Waals surface area contributed by atoms with Gasteiger partial charge in [-0.25, -0.2) is 9.97 Å². The number of aromatic nitrogens is 2. The molecule has 1 aromatic heterocycles. The predicted molar refractivity (Wildman–Crippen MR) is 63.6 cm³/mol. The second-order valence-corrected chi connectivity index (χ2v) is 4.80. The van der Waals surface area contributed by atoms with Crippen LogP contribution in [-0.2, 0) is 9.59 Å². The van der Waals surface area contributed by atoms with Crippen LogP contribution >= 0.6 is 0 Å². The molecule has 1 saturated carbocycles. The maximum absolute atomic E-state index is 12.4.